The summed E-state index contributed by atoms with van der Waals surface area (Å²) in [7, 11) is 0. The van der Waals surface area contributed by atoms with Gasteiger partial charge in [-0.25, -0.2) is 14.4 Å². The highest BCUT2D eigenvalue weighted by Crippen LogP contribution is 2.76. The van der Waals surface area contributed by atoms with Gasteiger partial charge in [0.2, 0.25) is 0 Å². The van der Waals surface area contributed by atoms with Crippen molar-refractivity contribution in [2.75, 3.05) is 19.8 Å². The molecule has 0 aromatic rings. The number of rotatable bonds is 14. The Balaban J connectivity index is 1.13. The van der Waals surface area contributed by atoms with Crippen LogP contribution in [0.3, 0.4) is 0 Å². The lowest BCUT2D eigenvalue weighted by Gasteiger charge is -2.73. The van der Waals surface area contributed by atoms with Crippen LogP contribution in [-0.2, 0) is 52.3 Å². The zero-order chi connectivity index (χ0) is 60.0. The molecule has 4 saturated carbocycles. The van der Waals surface area contributed by atoms with Gasteiger partial charge in [-0.3, -0.25) is 0 Å². The van der Waals surface area contributed by atoms with Gasteiger partial charge in [-0.15, -0.1) is 0 Å². The zero-order valence-corrected chi connectivity index (χ0v) is 48.4. The fraction of sp³-hybridized carbons (Fsp3) is 0.845. The van der Waals surface area contributed by atoms with Gasteiger partial charge in [-0.2, -0.15) is 0 Å². The van der Waals surface area contributed by atoms with E-state index in [1.165, 1.54) is 0 Å². The molecule has 23 heteroatoms. The fourth-order valence-electron chi connectivity index (χ4n) is 16.4. The zero-order valence-electron chi connectivity index (χ0n) is 48.4. The number of aliphatic carboxylic acids is 1. The second-order valence-electron chi connectivity index (χ2n) is 26.4. The van der Waals surface area contributed by atoms with Crippen molar-refractivity contribution in [1.82, 2.24) is 0 Å². The third-order valence-corrected chi connectivity index (χ3v) is 21.6. The summed E-state index contributed by atoms with van der Waals surface area (Å²) in [6.07, 6.45) is -23.0. The van der Waals surface area contributed by atoms with Gasteiger partial charge < -0.3 is 99.2 Å². The molecule has 12 unspecified atom stereocenters. The quantitative estimate of drug-likeness (QED) is 0.0645. The van der Waals surface area contributed by atoms with E-state index in [1.54, 1.807) is 39.8 Å². The van der Waals surface area contributed by atoms with Crippen molar-refractivity contribution in [3.63, 3.8) is 0 Å². The Hall–Kier alpha value is -3.05. The number of aliphatic hydroxyl groups excluding tert-OH is 11. The van der Waals surface area contributed by atoms with E-state index in [0.29, 0.717) is 37.7 Å². The van der Waals surface area contributed by atoms with Gasteiger partial charge in [0, 0.05) is 28.4 Å². The molecule has 81 heavy (non-hydrogen) atoms. The van der Waals surface area contributed by atoms with Crippen molar-refractivity contribution in [3.8, 4) is 0 Å². The summed E-state index contributed by atoms with van der Waals surface area (Å²) in [6, 6.07) is 0. The summed E-state index contributed by atoms with van der Waals surface area (Å²) in [4.78, 5) is 40.5. The summed E-state index contributed by atoms with van der Waals surface area (Å²) >= 11 is 0. The average Bonchev–Trinajstić information content (AvgIpc) is 1.44. The molecule has 8 aliphatic rings. The first-order valence-electron chi connectivity index (χ1n) is 28.6. The average molecular weight is 1160 g/mol. The number of esters is 2. The van der Waals surface area contributed by atoms with Crippen LogP contribution in [0, 0.1) is 50.2 Å². The van der Waals surface area contributed by atoms with Crippen LogP contribution in [0.2, 0.25) is 0 Å². The molecule has 26 atom stereocenters. The van der Waals surface area contributed by atoms with E-state index in [4.69, 9.17) is 37.9 Å². The number of carboxylic acid groups (broad SMARTS) is 1. The van der Waals surface area contributed by atoms with Crippen LogP contribution in [0.15, 0.2) is 34.9 Å². The first-order valence-corrected chi connectivity index (χ1v) is 28.6. The van der Waals surface area contributed by atoms with Crippen LogP contribution in [0.4, 0.5) is 0 Å². The van der Waals surface area contributed by atoms with E-state index < -0.39 is 199 Å². The van der Waals surface area contributed by atoms with Crippen LogP contribution in [0.5, 0.6) is 0 Å². The Morgan fingerprint density at radius 3 is 1.73 bits per heavy atom. The van der Waals surface area contributed by atoms with E-state index in [0.717, 1.165) is 5.57 Å². The molecular weight excluding hydrogens is 1060 g/mol. The molecule has 3 aliphatic heterocycles. The number of ether oxygens (including phenoxy) is 8. The fourth-order valence-corrected chi connectivity index (χ4v) is 16.4. The maximum atomic E-state index is 13.9. The molecule has 0 spiro atoms. The Morgan fingerprint density at radius 2 is 1.19 bits per heavy atom. The first kappa shape index (κ1) is 64.0. The molecule has 0 radical (unpaired) electrons. The van der Waals surface area contributed by atoms with Crippen LogP contribution in [-0.4, -0.2) is 216 Å². The monoisotopic (exact) mass is 1150 g/mol. The highest BCUT2D eigenvalue weighted by Gasteiger charge is 2.76. The smallest absolute Gasteiger partial charge is 0.335 e. The molecule has 7 fully saturated rings. The number of allylic oxidation sites excluding steroid dienone is 3. The normalized spacial score (nSPS) is 48.7. The molecule has 0 amide bonds. The third-order valence-electron chi connectivity index (χ3n) is 21.6. The van der Waals surface area contributed by atoms with Gasteiger partial charge in [0.1, 0.15) is 61.0 Å². The molecule has 5 aliphatic carbocycles. The Kier molecular flexibility index (Phi) is 18.4. The summed E-state index contributed by atoms with van der Waals surface area (Å²) in [5.41, 5.74) is -4.32. The van der Waals surface area contributed by atoms with Crippen molar-refractivity contribution in [3.05, 3.63) is 34.9 Å². The SMILES string of the molecule is C/C=C(/C)C(=O)O[C@H]1[C@H](OC(=O)/C(C)=C\C)C2(CO)C(CC1(C)C)C1=CCC3[C@@]4(C)CC[C@H](O[C@@H]5OC(C(=O)O)[C@@H](O)C(O[C@@H]6O[C@@H](CO)C(O)C6O)CC5O[C@@H]5OC(CO)[C@H](O)C(O)C5O)C(C)(C)C4CC[C@@]3(C)[C@]1(C)[C@@H](O)[C@H]2O. The lowest BCUT2D eigenvalue weighted by molar-refractivity contribution is -0.343. The second-order valence-corrected chi connectivity index (χ2v) is 26.4. The predicted octanol–water partition coefficient (Wildman–Crippen LogP) is 0.653. The summed E-state index contributed by atoms with van der Waals surface area (Å²) in [5.74, 6) is -3.96. The molecule has 23 nitrogen and oxygen atoms in total. The molecule has 12 N–H and O–H groups in total. The molecule has 0 aromatic carbocycles. The van der Waals surface area contributed by atoms with Crippen molar-refractivity contribution in [1.29, 1.82) is 0 Å². The molecule has 0 aromatic heterocycles. The maximum Gasteiger partial charge on any atom is 0.335 e. The van der Waals surface area contributed by atoms with Gasteiger partial charge in [-0.1, -0.05) is 72.3 Å². The summed E-state index contributed by atoms with van der Waals surface area (Å²) in [6.45, 7) is 18.6. The summed E-state index contributed by atoms with van der Waals surface area (Å²) in [5, 5.41) is 134. The lowest BCUT2D eigenvalue weighted by Crippen LogP contribution is -2.76. The number of carboxylic acids is 1. The van der Waals surface area contributed by atoms with E-state index in [1.807, 2.05) is 34.6 Å². The molecular formula is C58H90O23. The van der Waals surface area contributed by atoms with Gasteiger partial charge >= 0.3 is 17.9 Å². The van der Waals surface area contributed by atoms with Gasteiger partial charge in [0.05, 0.1) is 49.7 Å². The number of aliphatic hydroxyl groups is 11. The van der Waals surface area contributed by atoms with Crippen molar-refractivity contribution in [2.45, 2.75) is 238 Å². The van der Waals surface area contributed by atoms with Gasteiger partial charge in [0.25, 0.3) is 0 Å². The number of carbonyl (C=O) groups is 3. The lowest BCUT2D eigenvalue weighted by atomic mass is 9.32. The minimum atomic E-state index is -2.09. The van der Waals surface area contributed by atoms with Crippen LogP contribution >= 0.6 is 0 Å². The topological polar surface area (TPSA) is 368 Å². The Morgan fingerprint density at radius 1 is 0.642 bits per heavy atom. The molecule has 460 valence electrons. The third kappa shape index (κ3) is 10.3. The predicted molar refractivity (Wildman–Crippen MR) is 281 cm³/mol. The second kappa shape index (κ2) is 23.3. The van der Waals surface area contributed by atoms with Crippen molar-refractivity contribution < 1.29 is 114 Å². The van der Waals surface area contributed by atoms with Crippen LogP contribution in [0.25, 0.3) is 0 Å². The largest absolute Gasteiger partial charge is 0.479 e. The van der Waals surface area contributed by atoms with Gasteiger partial charge in [-0.05, 0) is 100 Å². The molecule has 3 saturated heterocycles. The van der Waals surface area contributed by atoms with E-state index in [2.05, 4.69) is 19.9 Å². The van der Waals surface area contributed by atoms with E-state index in [-0.39, 0.29) is 23.8 Å². The highest BCUT2D eigenvalue weighted by molar-refractivity contribution is 5.89. The molecule has 0 bridgehead atoms. The number of carbonyl (C=O) groups excluding carboxylic acids is 2. The van der Waals surface area contributed by atoms with E-state index in [9.17, 15) is 75.7 Å². The van der Waals surface area contributed by atoms with Crippen molar-refractivity contribution in [2.24, 2.45) is 50.2 Å². The van der Waals surface area contributed by atoms with Crippen LogP contribution in [0.1, 0.15) is 121 Å². The Labute approximate surface area is 472 Å². The molecule has 8 rings (SSSR count). The minimum absolute atomic E-state index is 0.134. The molecule has 3 heterocycles. The highest BCUT2D eigenvalue weighted by atomic mass is 16.8. The van der Waals surface area contributed by atoms with E-state index >= 15 is 0 Å². The van der Waals surface area contributed by atoms with Crippen molar-refractivity contribution >= 4 is 17.9 Å². The minimum Gasteiger partial charge on any atom is -0.479 e. The first-order chi connectivity index (χ1) is 37.8. The van der Waals surface area contributed by atoms with Crippen LogP contribution < -0.4 is 0 Å². The summed E-state index contributed by atoms with van der Waals surface area (Å²) < 4.78 is 49.2. The number of hydrogen-bond acceptors (Lipinski definition) is 22. The number of hydrogen-bond donors (Lipinski definition) is 12. The standard InChI is InChI=1S/C58H90O23/c1-12-25(3)48(72)80-45-46(81-49(73)26(4)13-2)58(24-61)28(21-53(45,5)6)27-14-15-34-55(9)18-17-35(54(7,8)33(55)16-19-56(34,10)57(27,11)43(68)44(58)69)78-50-30(75-52-41(67)39(65)36(62)31(22-59)76-52)20-29(38(64)42(79-50)47(70)71)74-51-40(66)37(63)32(23-60)77-51/h12-14,28-46,50-52,59-69H,15-24H2,1-11H3,(H,70,71)/b25-12-,26-13-/t28?,29?,30?,31?,32-,33?,34?,35-,36-,37?,38-,39?,40?,41?,42?,43-,44+,45-,46-,50+,51+,52+,55-,56+,57-,58?/m0/s1. The maximum absolute atomic E-state index is 13.9. The van der Waals surface area contributed by atoms with Gasteiger partial charge in [0.15, 0.2) is 31.1 Å². The Bertz CT molecular complexity index is 2410. The number of fused-ring (bicyclic) bond motifs is 7.